The lowest BCUT2D eigenvalue weighted by Crippen LogP contribution is -2.02. The van der Waals surface area contributed by atoms with Crippen LogP contribution in [0.4, 0.5) is 15.8 Å². The normalized spacial score (nSPS) is 12.1. The summed E-state index contributed by atoms with van der Waals surface area (Å²) < 4.78 is 26.2. The zero-order valence-corrected chi connectivity index (χ0v) is 12.0. The Balaban J connectivity index is 2.29. The van der Waals surface area contributed by atoms with Crippen LogP contribution in [0.1, 0.15) is 11.1 Å². The average molecular weight is 308 g/mol. The van der Waals surface area contributed by atoms with Gasteiger partial charge in [-0.3, -0.25) is 14.3 Å². The Bertz CT molecular complexity index is 734. The quantitative estimate of drug-likeness (QED) is 0.534. The fourth-order valence-corrected chi connectivity index (χ4v) is 3.03. The third kappa shape index (κ3) is 3.25. The molecule has 2 N–H and O–H groups in total. The number of hydrogen-bond acceptors (Lipinski definition) is 4. The summed E-state index contributed by atoms with van der Waals surface area (Å²) in [6.07, 6.45) is 0. The highest BCUT2D eigenvalue weighted by Gasteiger charge is 2.19. The first-order valence-electron chi connectivity index (χ1n) is 6.06. The zero-order chi connectivity index (χ0) is 15.6. The number of halogens is 1. The van der Waals surface area contributed by atoms with E-state index in [-0.39, 0.29) is 11.3 Å². The van der Waals surface area contributed by atoms with Gasteiger partial charge in [-0.15, -0.1) is 0 Å². The molecule has 0 saturated heterocycles. The Labute approximate surface area is 123 Å². The van der Waals surface area contributed by atoms with Gasteiger partial charge in [-0.1, -0.05) is 12.1 Å². The Morgan fingerprint density at radius 1 is 1.33 bits per heavy atom. The molecule has 1 unspecified atom stereocenters. The maximum absolute atomic E-state index is 13.9. The van der Waals surface area contributed by atoms with Gasteiger partial charge in [0.25, 0.3) is 0 Å². The van der Waals surface area contributed by atoms with Gasteiger partial charge in [0.1, 0.15) is 0 Å². The van der Waals surface area contributed by atoms with E-state index >= 15 is 0 Å². The lowest BCUT2D eigenvalue weighted by Gasteiger charge is -2.06. The Morgan fingerprint density at radius 2 is 2.05 bits per heavy atom. The summed E-state index contributed by atoms with van der Waals surface area (Å²) in [5, 5.41) is 10.7. The third-order valence-electron chi connectivity index (χ3n) is 3.05. The largest absolute Gasteiger partial charge is 0.399 e. The van der Waals surface area contributed by atoms with Crippen LogP contribution in [-0.4, -0.2) is 9.13 Å². The molecule has 0 aliphatic carbocycles. The van der Waals surface area contributed by atoms with Crippen molar-refractivity contribution in [2.24, 2.45) is 0 Å². The first-order valence-corrected chi connectivity index (χ1v) is 7.38. The highest BCUT2D eigenvalue weighted by atomic mass is 32.2. The highest BCUT2D eigenvalue weighted by Crippen LogP contribution is 2.23. The van der Waals surface area contributed by atoms with Crippen LogP contribution in [-0.2, 0) is 16.6 Å². The number of nitrogens with two attached hydrogens (primary N) is 1. The van der Waals surface area contributed by atoms with Crippen molar-refractivity contribution in [3.8, 4) is 0 Å². The molecule has 0 amide bonds. The third-order valence-corrected chi connectivity index (χ3v) is 4.40. The maximum Gasteiger partial charge on any atom is 0.305 e. The predicted molar refractivity (Wildman–Crippen MR) is 78.8 cm³/mol. The lowest BCUT2D eigenvalue weighted by molar-refractivity contribution is -0.387. The predicted octanol–water partition coefficient (Wildman–Crippen LogP) is 2.93. The van der Waals surface area contributed by atoms with Crippen molar-refractivity contribution in [2.45, 2.75) is 17.6 Å². The van der Waals surface area contributed by atoms with Crippen molar-refractivity contribution in [3.63, 3.8) is 0 Å². The molecular weight excluding hydrogens is 295 g/mol. The van der Waals surface area contributed by atoms with E-state index in [9.17, 15) is 18.7 Å². The molecule has 0 bridgehead atoms. The minimum Gasteiger partial charge on any atom is -0.399 e. The Kier molecular flexibility index (Phi) is 4.32. The fraction of sp³-hybridized carbons (Fsp3) is 0.143. The number of rotatable bonds is 4. The summed E-state index contributed by atoms with van der Waals surface area (Å²) >= 11 is 0. The number of nitro groups is 1. The van der Waals surface area contributed by atoms with E-state index < -0.39 is 27.2 Å². The van der Waals surface area contributed by atoms with Gasteiger partial charge in [-0.25, -0.2) is 0 Å². The van der Waals surface area contributed by atoms with Gasteiger partial charge in [-0.05, 0) is 30.7 Å². The number of nitrogens with zero attached hydrogens (tertiary/aromatic N) is 1. The number of nitrogen functional groups attached to an aromatic ring is 1. The van der Waals surface area contributed by atoms with E-state index in [1.165, 1.54) is 12.1 Å². The van der Waals surface area contributed by atoms with Crippen LogP contribution in [0.3, 0.4) is 0 Å². The molecule has 0 aliphatic rings. The molecule has 0 spiro atoms. The molecule has 2 aromatic rings. The summed E-state index contributed by atoms with van der Waals surface area (Å²) in [5.41, 5.74) is 6.48. The molecule has 110 valence electrons. The summed E-state index contributed by atoms with van der Waals surface area (Å²) in [4.78, 5) is 10.4. The van der Waals surface area contributed by atoms with Crippen LogP contribution in [0.2, 0.25) is 0 Å². The van der Waals surface area contributed by atoms with Crippen molar-refractivity contribution < 1.29 is 13.5 Å². The van der Waals surface area contributed by atoms with Gasteiger partial charge in [0, 0.05) is 22.2 Å². The molecule has 21 heavy (non-hydrogen) atoms. The van der Waals surface area contributed by atoms with E-state index in [1.54, 1.807) is 25.1 Å². The lowest BCUT2D eigenvalue weighted by atomic mass is 10.2. The van der Waals surface area contributed by atoms with E-state index in [2.05, 4.69) is 0 Å². The molecule has 0 aliphatic heterocycles. The van der Waals surface area contributed by atoms with Crippen molar-refractivity contribution in [2.75, 3.05) is 5.73 Å². The summed E-state index contributed by atoms with van der Waals surface area (Å²) in [6, 6.07) is 8.75. The fourth-order valence-electron chi connectivity index (χ4n) is 1.83. The van der Waals surface area contributed by atoms with Gasteiger partial charge < -0.3 is 5.73 Å². The SMILES string of the molecule is Cc1cc(S(=O)Cc2cccc([N+](=O)[O-])c2F)ccc1N. The number of anilines is 1. The molecule has 1 atom stereocenters. The topological polar surface area (TPSA) is 86.2 Å². The Morgan fingerprint density at radius 3 is 2.67 bits per heavy atom. The van der Waals surface area contributed by atoms with Crippen LogP contribution in [0.5, 0.6) is 0 Å². The number of hydrogen-bond donors (Lipinski definition) is 1. The summed E-state index contributed by atoms with van der Waals surface area (Å²) in [5.74, 6) is -1.07. The Hall–Kier alpha value is -2.28. The first kappa shape index (κ1) is 15.1. The van der Waals surface area contributed by atoms with E-state index in [4.69, 9.17) is 5.73 Å². The van der Waals surface area contributed by atoms with Gasteiger partial charge >= 0.3 is 5.69 Å². The smallest absolute Gasteiger partial charge is 0.305 e. The van der Waals surface area contributed by atoms with Crippen molar-refractivity contribution in [3.05, 3.63) is 63.5 Å². The molecular formula is C14H13FN2O3S. The van der Waals surface area contributed by atoms with Gasteiger partial charge in [0.2, 0.25) is 5.82 Å². The molecule has 0 saturated carbocycles. The second-order valence-corrected chi connectivity index (χ2v) is 5.97. The highest BCUT2D eigenvalue weighted by molar-refractivity contribution is 7.84. The molecule has 2 rings (SSSR count). The van der Waals surface area contributed by atoms with Crippen LogP contribution < -0.4 is 5.73 Å². The monoisotopic (exact) mass is 308 g/mol. The van der Waals surface area contributed by atoms with Gasteiger partial charge in [0.15, 0.2) is 0 Å². The molecule has 0 fully saturated rings. The van der Waals surface area contributed by atoms with Crippen LogP contribution in [0.15, 0.2) is 41.3 Å². The van der Waals surface area contributed by atoms with Gasteiger partial charge in [0.05, 0.1) is 21.5 Å². The maximum atomic E-state index is 13.9. The standard InChI is InChI=1S/C14H13FN2O3S/c1-9-7-11(5-6-12(9)16)21(20)8-10-3-2-4-13(14(10)15)17(18)19/h2-7H,8,16H2,1H3. The van der Waals surface area contributed by atoms with Crippen molar-refractivity contribution in [1.82, 2.24) is 0 Å². The van der Waals surface area contributed by atoms with Crippen LogP contribution in [0.25, 0.3) is 0 Å². The second kappa shape index (κ2) is 6.01. The molecule has 0 radical (unpaired) electrons. The summed E-state index contributed by atoms with van der Waals surface area (Å²) in [6.45, 7) is 1.78. The zero-order valence-electron chi connectivity index (χ0n) is 11.2. The number of aryl methyl sites for hydroxylation is 1. The first-order chi connectivity index (χ1) is 9.90. The van der Waals surface area contributed by atoms with Crippen LogP contribution in [0, 0.1) is 22.9 Å². The number of nitro benzene ring substituents is 1. The molecule has 7 heteroatoms. The average Bonchev–Trinajstić information content (AvgIpc) is 2.43. The number of benzene rings is 2. The molecule has 2 aromatic carbocycles. The second-order valence-electron chi connectivity index (χ2n) is 4.52. The van der Waals surface area contributed by atoms with Crippen molar-refractivity contribution in [1.29, 1.82) is 0 Å². The van der Waals surface area contributed by atoms with E-state index in [1.807, 2.05) is 0 Å². The molecule has 5 nitrogen and oxygen atoms in total. The van der Waals surface area contributed by atoms with Crippen LogP contribution >= 0.6 is 0 Å². The van der Waals surface area contributed by atoms with E-state index in [0.717, 1.165) is 11.6 Å². The molecule has 0 aromatic heterocycles. The summed E-state index contributed by atoms with van der Waals surface area (Å²) in [7, 11) is -1.50. The minimum atomic E-state index is -1.50. The molecule has 0 heterocycles. The van der Waals surface area contributed by atoms with E-state index in [0.29, 0.717) is 10.6 Å². The van der Waals surface area contributed by atoms with Crippen molar-refractivity contribution >= 4 is 22.2 Å². The van der Waals surface area contributed by atoms with Gasteiger partial charge in [-0.2, -0.15) is 4.39 Å². The minimum absolute atomic E-state index is 0.0528.